The van der Waals surface area contributed by atoms with Gasteiger partial charge in [-0.1, -0.05) is 12.1 Å². The number of piperazine rings is 1. The van der Waals surface area contributed by atoms with Crippen LogP contribution in [-0.4, -0.2) is 60.9 Å². The Hall–Kier alpha value is -1.44. The predicted molar refractivity (Wildman–Crippen MR) is 76.8 cm³/mol. The van der Waals surface area contributed by atoms with E-state index in [9.17, 15) is 13.2 Å². The van der Waals surface area contributed by atoms with Crippen LogP contribution in [0.25, 0.3) is 0 Å². The summed E-state index contributed by atoms with van der Waals surface area (Å²) in [4.78, 5) is 13.4. The van der Waals surface area contributed by atoms with Crippen molar-refractivity contribution in [3.63, 3.8) is 0 Å². The van der Waals surface area contributed by atoms with Gasteiger partial charge in [-0.15, -0.1) is 0 Å². The van der Waals surface area contributed by atoms with Gasteiger partial charge in [-0.2, -0.15) is 4.31 Å². The summed E-state index contributed by atoms with van der Waals surface area (Å²) in [5.41, 5.74) is -0.165. The molecule has 0 aromatic heterocycles. The average Bonchev–Trinajstić information content (AvgIpc) is 3.32. The number of carbonyl (C=O) groups is 1. The summed E-state index contributed by atoms with van der Waals surface area (Å²) < 4.78 is 26.7. The second-order valence-corrected chi connectivity index (χ2v) is 7.38. The molecular formula is C14H18N2O4S. The van der Waals surface area contributed by atoms with Crippen LogP contribution in [0.2, 0.25) is 0 Å². The van der Waals surface area contributed by atoms with Crippen LogP contribution < -0.4 is 0 Å². The lowest BCUT2D eigenvalue weighted by Gasteiger charge is -2.34. The van der Waals surface area contributed by atoms with Crippen molar-refractivity contribution in [3.05, 3.63) is 29.8 Å². The Balaban J connectivity index is 1.82. The van der Waals surface area contributed by atoms with Gasteiger partial charge >= 0.3 is 5.97 Å². The largest absolute Gasteiger partial charge is 0.478 e. The van der Waals surface area contributed by atoms with Crippen molar-refractivity contribution in [1.29, 1.82) is 0 Å². The molecule has 3 rings (SSSR count). The molecule has 21 heavy (non-hydrogen) atoms. The zero-order valence-corrected chi connectivity index (χ0v) is 12.4. The number of benzene rings is 1. The zero-order chi connectivity index (χ0) is 15.0. The van der Waals surface area contributed by atoms with Crippen LogP contribution in [0.1, 0.15) is 23.2 Å². The molecule has 0 bridgehead atoms. The molecule has 0 spiro atoms. The fraction of sp³-hybridized carbons (Fsp3) is 0.500. The topological polar surface area (TPSA) is 77.9 Å². The van der Waals surface area contributed by atoms with E-state index in [1.807, 2.05) is 0 Å². The lowest BCUT2D eigenvalue weighted by atomic mass is 10.2. The van der Waals surface area contributed by atoms with Gasteiger partial charge in [-0.25, -0.2) is 13.2 Å². The molecule has 0 unspecified atom stereocenters. The van der Waals surface area contributed by atoms with Gasteiger partial charge in [0.2, 0.25) is 10.0 Å². The molecule has 1 aromatic carbocycles. The highest BCUT2D eigenvalue weighted by atomic mass is 32.2. The van der Waals surface area contributed by atoms with E-state index in [2.05, 4.69) is 4.90 Å². The molecule has 1 heterocycles. The molecule has 1 N–H and O–H groups in total. The molecule has 0 radical (unpaired) electrons. The van der Waals surface area contributed by atoms with E-state index in [0.29, 0.717) is 19.1 Å². The Kier molecular flexibility index (Phi) is 3.73. The van der Waals surface area contributed by atoms with Crippen molar-refractivity contribution in [2.24, 2.45) is 0 Å². The summed E-state index contributed by atoms with van der Waals surface area (Å²) in [5, 5.41) is 9.16. The molecule has 6 nitrogen and oxygen atoms in total. The maximum absolute atomic E-state index is 12.6. The van der Waals surface area contributed by atoms with Gasteiger partial charge in [0.1, 0.15) is 0 Å². The zero-order valence-electron chi connectivity index (χ0n) is 11.6. The average molecular weight is 310 g/mol. The standard InChI is InChI=1S/C14H18N2O4S/c17-14(18)12-3-1-2-4-13(12)21(19,20)16-9-7-15(8-10-16)11-5-6-11/h1-4,11H,5-10H2,(H,17,18). The third-order valence-electron chi connectivity index (χ3n) is 4.07. The van der Waals surface area contributed by atoms with Crippen molar-refractivity contribution in [3.8, 4) is 0 Å². The lowest BCUT2D eigenvalue weighted by Crippen LogP contribution is -2.49. The first-order chi connectivity index (χ1) is 10.00. The van der Waals surface area contributed by atoms with Gasteiger partial charge < -0.3 is 5.11 Å². The molecule has 0 amide bonds. The summed E-state index contributed by atoms with van der Waals surface area (Å²) in [6.07, 6.45) is 2.41. The summed E-state index contributed by atoms with van der Waals surface area (Å²) in [7, 11) is -3.74. The van der Waals surface area contributed by atoms with Crippen LogP contribution in [-0.2, 0) is 10.0 Å². The number of sulfonamides is 1. The Morgan fingerprint density at radius 3 is 2.29 bits per heavy atom. The highest BCUT2D eigenvalue weighted by molar-refractivity contribution is 7.89. The fourth-order valence-electron chi connectivity index (χ4n) is 2.76. The minimum absolute atomic E-state index is 0.114. The van der Waals surface area contributed by atoms with E-state index in [1.165, 1.54) is 35.3 Å². The van der Waals surface area contributed by atoms with Gasteiger partial charge in [0.25, 0.3) is 0 Å². The first kappa shape index (κ1) is 14.5. The Labute approximate surface area is 124 Å². The molecule has 2 fully saturated rings. The number of rotatable bonds is 4. The normalized spacial score (nSPS) is 21.3. The maximum atomic E-state index is 12.6. The first-order valence-electron chi connectivity index (χ1n) is 7.06. The third kappa shape index (κ3) is 2.81. The smallest absolute Gasteiger partial charge is 0.337 e. The van der Waals surface area contributed by atoms with Crippen LogP contribution in [0.4, 0.5) is 0 Å². The van der Waals surface area contributed by atoms with Crippen molar-refractivity contribution in [1.82, 2.24) is 9.21 Å². The molecule has 7 heteroatoms. The van der Waals surface area contributed by atoms with Crippen LogP contribution in [0.15, 0.2) is 29.2 Å². The highest BCUT2D eigenvalue weighted by Gasteiger charge is 2.36. The maximum Gasteiger partial charge on any atom is 0.337 e. The van der Waals surface area contributed by atoms with E-state index < -0.39 is 16.0 Å². The minimum atomic E-state index is -3.74. The van der Waals surface area contributed by atoms with Crippen molar-refractivity contribution in [2.45, 2.75) is 23.8 Å². The van der Waals surface area contributed by atoms with E-state index in [0.717, 1.165) is 13.1 Å². The molecule has 2 aliphatic rings. The molecule has 1 aromatic rings. The Morgan fingerprint density at radius 1 is 1.10 bits per heavy atom. The number of hydrogen-bond donors (Lipinski definition) is 1. The third-order valence-corrected chi connectivity index (χ3v) is 6.03. The van der Waals surface area contributed by atoms with Gasteiger partial charge in [-0.05, 0) is 25.0 Å². The van der Waals surface area contributed by atoms with Crippen LogP contribution in [0.3, 0.4) is 0 Å². The first-order valence-corrected chi connectivity index (χ1v) is 8.50. The van der Waals surface area contributed by atoms with Gasteiger partial charge in [-0.3, -0.25) is 4.90 Å². The number of nitrogens with zero attached hydrogens (tertiary/aromatic N) is 2. The van der Waals surface area contributed by atoms with Crippen molar-refractivity contribution >= 4 is 16.0 Å². The summed E-state index contributed by atoms with van der Waals surface area (Å²) in [6, 6.07) is 6.41. The monoisotopic (exact) mass is 310 g/mol. The molecular weight excluding hydrogens is 292 g/mol. The molecule has 1 aliphatic heterocycles. The quantitative estimate of drug-likeness (QED) is 0.892. The summed E-state index contributed by atoms with van der Waals surface area (Å²) in [5.74, 6) is -1.22. The van der Waals surface area contributed by atoms with Gasteiger partial charge in [0, 0.05) is 32.2 Å². The molecule has 0 atom stereocenters. The Morgan fingerprint density at radius 2 is 1.71 bits per heavy atom. The minimum Gasteiger partial charge on any atom is -0.478 e. The van der Waals surface area contributed by atoms with Crippen LogP contribution in [0.5, 0.6) is 0 Å². The molecule has 1 aliphatic carbocycles. The van der Waals surface area contributed by atoms with E-state index in [1.54, 1.807) is 6.07 Å². The molecule has 1 saturated carbocycles. The summed E-state index contributed by atoms with van der Waals surface area (Å²) >= 11 is 0. The van der Waals surface area contributed by atoms with Crippen molar-refractivity contribution < 1.29 is 18.3 Å². The SMILES string of the molecule is O=C(O)c1ccccc1S(=O)(=O)N1CCN(C2CC2)CC1. The molecule has 114 valence electrons. The van der Waals surface area contributed by atoms with E-state index in [-0.39, 0.29) is 10.5 Å². The number of aromatic carboxylic acids is 1. The highest BCUT2D eigenvalue weighted by Crippen LogP contribution is 2.29. The second kappa shape index (κ2) is 5.40. The van der Waals surface area contributed by atoms with Gasteiger partial charge in [0.15, 0.2) is 0 Å². The van der Waals surface area contributed by atoms with E-state index in [4.69, 9.17) is 5.11 Å². The van der Waals surface area contributed by atoms with Crippen LogP contribution in [0, 0.1) is 0 Å². The van der Waals surface area contributed by atoms with Crippen LogP contribution >= 0.6 is 0 Å². The Bertz CT molecular complexity index is 647. The number of carboxylic acids is 1. The molecule has 1 saturated heterocycles. The lowest BCUT2D eigenvalue weighted by molar-refractivity contribution is 0.0692. The van der Waals surface area contributed by atoms with Gasteiger partial charge in [0.05, 0.1) is 10.5 Å². The number of hydrogen-bond acceptors (Lipinski definition) is 4. The summed E-state index contributed by atoms with van der Waals surface area (Å²) in [6.45, 7) is 2.29. The number of carboxylic acid groups (broad SMARTS) is 1. The van der Waals surface area contributed by atoms with E-state index >= 15 is 0 Å². The fourth-order valence-corrected chi connectivity index (χ4v) is 4.36. The second-order valence-electron chi connectivity index (χ2n) is 5.47. The predicted octanol–water partition coefficient (Wildman–Crippen LogP) is 0.854. The van der Waals surface area contributed by atoms with Crippen molar-refractivity contribution in [2.75, 3.05) is 26.2 Å².